The number of anilines is 1. The molecular weight excluding hydrogens is 364 g/mol. The van der Waals surface area contributed by atoms with Crippen LogP contribution in [0.15, 0.2) is 60.7 Å². The molecule has 0 aliphatic heterocycles. The average molecular weight is 390 g/mol. The molecule has 0 N–H and O–H groups in total. The minimum atomic E-state index is -0.413. The van der Waals surface area contributed by atoms with Crippen LogP contribution in [-0.4, -0.2) is 23.1 Å². The van der Waals surface area contributed by atoms with Crippen LogP contribution in [0.5, 0.6) is 0 Å². The minimum Gasteiger partial charge on any atom is -0.461 e. The Balaban J connectivity index is 2.07. The molecule has 29 heavy (non-hydrogen) atoms. The first-order valence-corrected chi connectivity index (χ1v) is 9.69. The first kappa shape index (κ1) is 20.4. The van der Waals surface area contributed by atoms with E-state index >= 15 is 0 Å². The predicted octanol–water partition coefficient (Wildman–Crippen LogP) is 4.67. The maximum Gasteiger partial charge on any atom is 0.355 e. The van der Waals surface area contributed by atoms with Crippen molar-refractivity contribution in [1.82, 2.24) is 4.57 Å². The maximum atomic E-state index is 13.7. The van der Waals surface area contributed by atoms with Crippen LogP contribution in [0.25, 0.3) is 0 Å². The van der Waals surface area contributed by atoms with Crippen molar-refractivity contribution in [2.45, 2.75) is 27.3 Å². The van der Waals surface area contributed by atoms with Gasteiger partial charge in [-0.2, -0.15) is 0 Å². The summed E-state index contributed by atoms with van der Waals surface area (Å²) in [5.74, 6) is -0.551. The average Bonchev–Trinajstić information content (AvgIpc) is 2.95. The van der Waals surface area contributed by atoms with E-state index < -0.39 is 5.97 Å². The summed E-state index contributed by atoms with van der Waals surface area (Å²) in [5, 5.41) is 0. The highest BCUT2D eigenvalue weighted by Crippen LogP contribution is 2.27. The Morgan fingerprint density at radius 2 is 1.55 bits per heavy atom. The van der Waals surface area contributed by atoms with E-state index in [0.29, 0.717) is 23.4 Å². The van der Waals surface area contributed by atoms with Gasteiger partial charge in [0.2, 0.25) is 0 Å². The Kier molecular flexibility index (Phi) is 6.17. The molecule has 0 aliphatic rings. The van der Waals surface area contributed by atoms with E-state index in [9.17, 15) is 9.59 Å². The lowest BCUT2D eigenvalue weighted by Gasteiger charge is -2.23. The van der Waals surface area contributed by atoms with Crippen molar-refractivity contribution in [1.29, 1.82) is 0 Å². The molecule has 1 amide bonds. The monoisotopic (exact) mass is 390 g/mol. The van der Waals surface area contributed by atoms with Gasteiger partial charge in [0.05, 0.1) is 18.7 Å². The molecule has 0 saturated heterocycles. The van der Waals surface area contributed by atoms with Crippen LogP contribution in [0.4, 0.5) is 5.69 Å². The molecule has 0 radical (unpaired) electrons. The maximum absolute atomic E-state index is 13.7. The highest BCUT2D eigenvalue weighted by Gasteiger charge is 2.29. The number of aromatic nitrogens is 1. The fraction of sp³-hybridized carbons (Fsp3) is 0.250. The van der Waals surface area contributed by atoms with Crippen molar-refractivity contribution in [2.75, 3.05) is 11.5 Å². The topological polar surface area (TPSA) is 51.5 Å². The van der Waals surface area contributed by atoms with Crippen LogP contribution in [-0.2, 0) is 18.3 Å². The number of carbonyl (C=O) groups excluding carboxylic acids is 2. The zero-order chi connectivity index (χ0) is 21.0. The van der Waals surface area contributed by atoms with Gasteiger partial charge in [-0.05, 0) is 44.0 Å². The van der Waals surface area contributed by atoms with E-state index in [4.69, 9.17) is 4.74 Å². The van der Waals surface area contributed by atoms with E-state index in [1.807, 2.05) is 67.6 Å². The van der Waals surface area contributed by atoms with Crippen molar-refractivity contribution in [3.05, 3.63) is 88.7 Å². The number of nitrogens with zero attached hydrogens (tertiary/aromatic N) is 2. The largest absolute Gasteiger partial charge is 0.461 e. The third-order valence-electron chi connectivity index (χ3n) is 5.11. The van der Waals surface area contributed by atoms with Crippen LogP contribution in [0.2, 0.25) is 0 Å². The van der Waals surface area contributed by atoms with E-state index in [2.05, 4.69) is 0 Å². The molecule has 0 bridgehead atoms. The normalized spacial score (nSPS) is 10.6. The van der Waals surface area contributed by atoms with E-state index in [0.717, 1.165) is 16.9 Å². The molecule has 3 aromatic rings. The number of carbonyl (C=O) groups is 2. The third kappa shape index (κ3) is 4.09. The van der Waals surface area contributed by atoms with Crippen LogP contribution in [0.3, 0.4) is 0 Å². The lowest BCUT2D eigenvalue weighted by Crippen LogP contribution is -2.31. The molecule has 2 aromatic carbocycles. The number of esters is 1. The first-order chi connectivity index (χ1) is 14.0. The van der Waals surface area contributed by atoms with Crippen LogP contribution in [0, 0.1) is 13.8 Å². The number of para-hydroxylation sites is 1. The van der Waals surface area contributed by atoms with Crippen molar-refractivity contribution in [3.63, 3.8) is 0 Å². The van der Waals surface area contributed by atoms with Gasteiger partial charge in [-0.3, -0.25) is 4.79 Å². The second-order valence-electron chi connectivity index (χ2n) is 6.93. The van der Waals surface area contributed by atoms with Gasteiger partial charge in [0.15, 0.2) is 0 Å². The Hall–Kier alpha value is -3.34. The van der Waals surface area contributed by atoms with E-state index in [1.165, 1.54) is 0 Å². The molecule has 0 saturated carbocycles. The van der Waals surface area contributed by atoms with E-state index in [1.54, 1.807) is 30.4 Å². The second-order valence-corrected chi connectivity index (χ2v) is 6.93. The Morgan fingerprint density at radius 3 is 2.14 bits per heavy atom. The smallest absolute Gasteiger partial charge is 0.355 e. The summed E-state index contributed by atoms with van der Waals surface area (Å²) in [6, 6.07) is 19.5. The quantitative estimate of drug-likeness (QED) is 0.575. The Labute approximate surface area is 171 Å². The molecule has 150 valence electrons. The number of hydrogen-bond donors (Lipinski definition) is 0. The number of benzene rings is 2. The van der Waals surface area contributed by atoms with Gasteiger partial charge < -0.3 is 14.2 Å². The fourth-order valence-electron chi connectivity index (χ4n) is 3.57. The van der Waals surface area contributed by atoms with Crippen molar-refractivity contribution < 1.29 is 14.3 Å². The summed E-state index contributed by atoms with van der Waals surface area (Å²) in [7, 11) is 1.79. The summed E-state index contributed by atoms with van der Waals surface area (Å²) in [6.45, 7) is 6.15. The SMILES string of the molecule is CCOC(=O)c1c(C)c(C(=O)N(Cc2ccccc2)c2ccccc2)c(C)n1C. The Bertz CT molecular complexity index is 1010. The molecule has 0 aliphatic carbocycles. The number of ether oxygens (including phenoxy) is 1. The summed E-state index contributed by atoms with van der Waals surface area (Å²) >= 11 is 0. The highest BCUT2D eigenvalue weighted by atomic mass is 16.5. The molecular formula is C24H26N2O3. The van der Waals surface area contributed by atoms with Crippen LogP contribution in [0.1, 0.15) is 44.6 Å². The van der Waals surface area contributed by atoms with Gasteiger partial charge in [0, 0.05) is 18.4 Å². The molecule has 0 unspecified atom stereocenters. The van der Waals surface area contributed by atoms with Crippen molar-refractivity contribution in [3.8, 4) is 0 Å². The van der Waals surface area contributed by atoms with E-state index in [-0.39, 0.29) is 12.5 Å². The van der Waals surface area contributed by atoms with Gasteiger partial charge in [-0.1, -0.05) is 48.5 Å². The third-order valence-corrected chi connectivity index (χ3v) is 5.11. The summed E-state index contributed by atoms with van der Waals surface area (Å²) in [5.41, 5.74) is 4.17. The lowest BCUT2D eigenvalue weighted by atomic mass is 10.1. The predicted molar refractivity (Wildman–Crippen MR) is 114 cm³/mol. The second kappa shape index (κ2) is 8.78. The van der Waals surface area contributed by atoms with Gasteiger partial charge in [0.25, 0.3) is 5.91 Å². The highest BCUT2D eigenvalue weighted by molar-refractivity contribution is 6.09. The van der Waals surface area contributed by atoms with Gasteiger partial charge in [0.1, 0.15) is 5.69 Å². The number of hydrogen-bond acceptors (Lipinski definition) is 3. The molecule has 5 heteroatoms. The summed E-state index contributed by atoms with van der Waals surface area (Å²) < 4.78 is 6.94. The fourth-order valence-corrected chi connectivity index (χ4v) is 3.57. The summed E-state index contributed by atoms with van der Waals surface area (Å²) in [6.07, 6.45) is 0. The number of amides is 1. The molecule has 1 heterocycles. The lowest BCUT2D eigenvalue weighted by molar-refractivity contribution is 0.0514. The molecule has 0 fully saturated rings. The molecule has 3 rings (SSSR count). The zero-order valence-electron chi connectivity index (χ0n) is 17.3. The summed E-state index contributed by atoms with van der Waals surface area (Å²) in [4.78, 5) is 27.9. The van der Waals surface area contributed by atoms with Crippen molar-refractivity contribution >= 4 is 17.6 Å². The van der Waals surface area contributed by atoms with Crippen LogP contribution < -0.4 is 4.90 Å². The van der Waals surface area contributed by atoms with Gasteiger partial charge >= 0.3 is 5.97 Å². The molecule has 5 nitrogen and oxygen atoms in total. The number of rotatable bonds is 6. The standard InChI is InChI=1S/C24H26N2O3/c1-5-29-24(28)22-17(2)21(18(3)25(22)4)23(27)26(20-14-10-7-11-15-20)16-19-12-8-6-9-13-19/h6-15H,5,16H2,1-4H3. The minimum absolute atomic E-state index is 0.138. The molecule has 0 spiro atoms. The zero-order valence-corrected chi connectivity index (χ0v) is 17.3. The van der Waals surface area contributed by atoms with Crippen LogP contribution >= 0.6 is 0 Å². The van der Waals surface area contributed by atoms with Crippen molar-refractivity contribution in [2.24, 2.45) is 7.05 Å². The molecule has 1 aromatic heterocycles. The first-order valence-electron chi connectivity index (χ1n) is 9.69. The van der Waals surface area contributed by atoms with Gasteiger partial charge in [-0.25, -0.2) is 4.79 Å². The Morgan fingerprint density at radius 1 is 0.966 bits per heavy atom. The molecule has 0 atom stereocenters. The van der Waals surface area contributed by atoms with Gasteiger partial charge in [-0.15, -0.1) is 0 Å².